The number of fused-ring (bicyclic) bond motifs is 1. The fourth-order valence-electron chi connectivity index (χ4n) is 2.01. The second kappa shape index (κ2) is 4.19. The molecule has 0 radical (unpaired) electrons. The first-order valence-corrected chi connectivity index (χ1v) is 5.23. The zero-order valence-electron chi connectivity index (χ0n) is 8.07. The Balaban J connectivity index is 2.37. The Kier molecular flexibility index (Phi) is 2.91. The normalized spacial score (nSPS) is 21.2. The van der Waals surface area contributed by atoms with E-state index in [4.69, 9.17) is 11.6 Å². The molecule has 0 saturated heterocycles. The van der Waals surface area contributed by atoms with Crippen LogP contribution in [0.5, 0.6) is 0 Å². The summed E-state index contributed by atoms with van der Waals surface area (Å²) in [5.74, 6) is 0. The van der Waals surface area contributed by atoms with E-state index in [2.05, 4.69) is 0 Å². The lowest BCUT2D eigenvalue weighted by atomic mass is 10.1. The summed E-state index contributed by atoms with van der Waals surface area (Å²) in [6.07, 6.45) is 1.25. The minimum atomic E-state index is -0.783. The van der Waals surface area contributed by atoms with Gasteiger partial charge in [0, 0.05) is 5.69 Å². The molecule has 0 bridgehead atoms. The highest BCUT2D eigenvalue weighted by atomic mass is 35.5. The molecular weight excluding hydrogens is 217 g/mol. The van der Waals surface area contributed by atoms with Gasteiger partial charge in [0.2, 0.25) is 0 Å². The molecule has 1 unspecified atom stereocenters. The molecule has 1 aromatic carbocycles. The lowest BCUT2D eigenvalue weighted by Gasteiger charge is -2.27. The average molecular weight is 228 g/mol. The van der Waals surface area contributed by atoms with Gasteiger partial charge in [0.05, 0.1) is 6.04 Å². The number of halogens is 2. The van der Waals surface area contributed by atoms with E-state index < -0.39 is 12.2 Å². The van der Waals surface area contributed by atoms with Crippen molar-refractivity contribution in [3.63, 3.8) is 0 Å². The van der Waals surface area contributed by atoms with Crippen LogP contribution in [0.15, 0.2) is 24.3 Å². The van der Waals surface area contributed by atoms with Gasteiger partial charge in [-0.3, -0.25) is 4.79 Å². The molecule has 1 aliphatic heterocycles. The monoisotopic (exact) mass is 227 g/mol. The fourth-order valence-corrected chi connectivity index (χ4v) is 2.28. The van der Waals surface area contributed by atoms with E-state index in [-0.39, 0.29) is 6.04 Å². The van der Waals surface area contributed by atoms with Crippen molar-refractivity contribution in [1.82, 2.24) is 0 Å². The van der Waals surface area contributed by atoms with Gasteiger partial charge < -0.3 is 4.90 Å². The van der Waals surface area contributed by atoms with Crippen molar-refractivity contribution < 1.29 is 9.18 Å². The molecule has 0 fully saturated rings. The van der Waals surface area contributed by atoms with Crippen molar-refractivity contribution in [2.45, 2.75) is 18.0 Å². The topological polar surface area (TPSA) is 20.3 Å². The molecule has 0 N–H and O–H groups in total. The lowest BCUT2D eigenvalue weighted by molar-refractivity contribution is -0.107. The second-order valence-electron chi connectivity index (χ2n) is 3.56. The highest BCUT2D eigenvalue weighted by Gasteiger charge is 2.32. The number of benzene rings is 1. The van der Waals surface area contributed by atoms with Crippen molar-refractivity contribution >= 4 is 23.6 Å². The third kappa shape index (κ3) is 1.72. The van der Waals surface area contributed by atoms with E-state index in [1.165, 1.54) is 0 Å². The zero-order valence-corrected chi connectivity index (χ0v) is 8.82. The van der Waals surface area contributed by atoms with Gasteiger partial charge in [0.25, 0.3) is 0 Å². The van der Waals surface area contributed by atoms with Crippen LogP contribution >= 0.6 is 11.6 Å². The Labute approximate surface area is 92.6 Å². The number of hydrogen-bond donors (Lipinski definition) is 0. The third-order valence-electron chi connectivity index (χ3n) is 2.67. The van der Waals surface area contributed by atoms with Crippen LogP contribution in [0.3, 0.4) is 0 Å². The molecule has 0 spiro atoms. The van der Waals surface area contributed by atoms with Crippen molar-refractivity contribution in [3.05, 3.63) is 29.8 Å². The molecule has 1 aliphatic rings. The van der Waals surface area contributed by atoms with Crippen LogP contribution in [0, 0.1) is 0 Å². The van der Waals surface area contributed by atoms with Gasteiger partial charge in [-0.15, -0.1) is 0 Å². The number of carbonyl (C=O) groups excluding carboxylic acids is 1. The summed E-state index contributed by atoms with van der Waals surface area (Å²) in [4.78, 5) is 12.3. The fraction of sp³-hybridized carbons (Fsp3) is 0.364. The Morgan fingerprint density at radius 1 is 1.60 bits per heavy atom. The van der Waals surface area contributed by atoms with Gasteiger partial charge >= 0.3 is 0 Å². The van der Waals surface area contributed by atoms with Crippen LogP contribution in [0.2, 0.25) is 0 Å². The summed E-state index contributed by atoms with van der Waals surface area (Å²) in [7, 11) is 0. The van der Waals surface area contributed by atoms with Crippen LogP contribution in [-0.2, 0) is 11.2 Å². The second-order valence-corrected chi connectivity index (χ2v) is 4.00. The largest absolute Gasteiger partial charge is 0.343 e. The maximum absolute atomic E-state index is 12.8. The van der Waals surface area contributed by atoms with Crippen LogP contribution in [0.1, 0.15) is 5.56 Å². The van der Waals surface area contributed by atoms with Crippen molar-refractivity contribution in [2.75, 3.05) is 11.6 Å². The smallest absolute Gasteiger partial charge is 0.160 e. The molecule has 1 heterocycles. The highest BCUT2D eigenvalue weighted by Crippen LogP contribution is 2.34. The molecule has 0 aliphatic carbocycles. The SMILES string of the molecule is O=CC(Cl)N1c2ccccc2C[C@H]1CF. The van der Waals surface area contributed by atoms with E-state index >= 15 is 0 Å². The van der Waals surface area contributed by atoms with Crippen LogP contribution < -0.4 is 4.90 Å². The molecule has 0 aromatic heterocycles. The minimum Gasteiger partial charge on any atom is -0.343 e. The molecular formula is C11H11ClFNO. The molecule has 2 nitrogen and oxygen atoms in total. The molecule has 4 heteroatoms. The van der Waals surface area contributed by atoms with Crippen LogP contribution in [0.4, 0.5) is 10.1 Å². The Bertz CT molecular complexity index is 371. The van der Waals surface area contributed by atoms with E-state index in [0.717, 1.165) is 11.3 Å². The summed E-state index contributed by atoms with van der Waals surface area (Å²) in [6, 6.07) is 7.26. The first kappa shape index (κ1) is 10.4. The molecule has 2 atom stereocenters. The maximum Gasteiger partial charge on any atom is 0.160 e. The molecule has 0 saturated carbocycles. The van der Waals surface area contributed by atoms with Gasteiger partial charge in [-0.05, 0) is 18.1 Å². The van der Waals surface area contributed by atoms with Crippen LogP contribution in [-0.4, -0.2) is 24.5 Å². The summed E-state index contributed by atoms with van der Waals surface area (Å²) in [6.45, 7) is -0.494. The predicted octanol–water partition coefficient (Wildman–Crippen LogP) is 2.15. The predicted molar refractivity (Wildman–Crippen MR) is 58.1 cm³/mol. The zero-order chi connectivity index (χ0) is 10.8. The first-order valence-electron chi connectivity index (χ1n) is 4.79. The third-order valence-corrected chi connectivity index (χ3v) is 2.99. The number of para-hydroxylation sites is 1. The quantitative estimate of drug-likeness (QED) is 0.448. The average Bonchev–Trinajstić information content (AvgIpc) is 2.66. The number of rotatable bonds is 3. The molecule has 15 heavy (non-hydrogen) atoms. The van der Waals surface area contributed by atoms with Crippen molar-refractivity contribution in [3.8, 4) is 0 Å². The standard InChI is InChI=1S/C11H11ClFNO/c12-11(7-15)14-9(6-13)5-8-3-1-2-4-10(8)14/h1-4,7,9,11H,5-6H2/t9-,11?/m0/s1. The number of nitrogens with zero attached hydrogens (tertiary/aromatic N) is 1. The number of alkyl halides is 2. The van der Waals surface area contributed by atoms with Gasteiger partial charge in [-0.1, -0.05) is 29.8 Å². The van der Waals surface area contributed by atoms with Crippen molar-refractivity contribution in [2.24, 2.45) is 0 Å². The molecule has 0 amide bonds. The maximum atomic E-state index is 12.8. The lowest BCUT2D eigenvalue weighted by Crippen LogP contribution is -2.40. The highest BCUT2D eigenvalue weighted by molar-refractivity contribution is 6.29. The number of anilines is 1. The Morgan fingerprint density at radius 2 is 2.33 bits per heavy atom. The van der Waals surface area contributed by atoms with E-state index in [0.29, 0.717) is 12.7 Å². The van der Waals surface area contributed by atoms with Gasteiger partial charge in [-0.2, -0.15) is 0 Å². The molecule has 80 valence electrons. The summed E-state index contributed by atoms with van der Waals surface area (Å²) < 4.78 is 12.8. The first-order chi connectivity index (χ1) is 7.27. The minimum absolute atomic E-state index is 0.310. The van der Waals surface area contributed by atoms with E-state index in [1.807, 2.05) is 24.3 Å². The number of hydrogen-bond acceptors (Lipinski definition) is 2. The summed E-state index contributed by atoms with van der Waals surface area (Å²) >= 11 is 5.86. The van der Waals surface area contributed by atoms with Gasteiger partial charge in [0.1, 0.15) is 6.67 Å². The van der Waals surface area contributed by atoms with Crippen molar-refractivity contribution in [1.29, 1.82) is 0 Å². The van der Waals surface area contributed by atoms with Crippen LogP contribution in [0.25, 0.3) is 0 Å². The Hall–Kier alpha value is -1.09. The number of aldehydes is 1. The number of carbonyl (C=O) groups is 1. The van der Waals surface area contributed by atoms with E-state index in [9.17, 15) is 9.18 Å². The summed E-state index contributed by atoms with van der Waals surface area (Å²) in [5.41, 5.74) is 1.13. The van der Waals surface area contributed by atoms with E-state index in [1.54, 1.807) is 4.90 Å². The van der Waals surface area contributed by atoms with Gasteiger partial charge in [0.15, 0.2) is 11.8 Å². The van der Waals surface area contributed by atoms with Gasteiger partial charge in [-0.25, -0.2) is 4.39 Å². The Morgan fingerprint density at radius 3 is 3.00 bits per heavy atom. The molecule has 2 rings (SSSR count). The summed E-state index contributed by atoms with van der Waals surface area (Å²) in [5, 5.41) is 0. The molecule has 1 aromatic rings.